The molecule has 0 aromatic heterocycles. The van der Waals surface area contributed by atoms with Crippen LogP contribution in [-0.4, -0.2) is 31.5 Å². The van der Waals surface area contributed by atoms with E-state index in [0.717, 1.165) is 0 Å². The molecule has 0 spiro atoms. The summed E-state index contributed by atoms with van der Waals surface area (Å²) in [5, 5.41) is 36.0. The molecule has 0 heterocycles. The summed E-state index contributed by atoms with van der Waals surface area (Å²) in [7, 11) is 0. The quantitative estimate of drug-likeness (QED) is 0.119. The van der Waals surface area contributed by atoms with Gasteiger partial charge in [0, 0.05) is 0 Å². The molecule has 0 radical (unpaired) electrons. The van der Waals surface area contributed by atoms with Crippen LogP contribution >= 0.6 is 0 Å². The Morgan fingerprint density at radius 1 is 0.500 bits per heavy atom. The van der Waals surface area contributed by atoms with Crippen molar-refractivity contribution in [1.29, 1.82) is 0 Å². The van der Waals surface area contributed by atoms with Crippen LogP contribution in [0.4, 0.5) is 0 Å². The van der Waals surface area contributed by atoms with Crippen molar-refractivity contribution in [2.75, 3.05) is 0 Å². The van der Waals surface area contributed by atoms with Crippen LogP contribution < -0.4 is 56.1 Å². The third kappa shape index (κ3) is 167. The van der Waals surface area contributed by atoms with Gasteiger partial charge in [-0.25, -0.2) is 0 Å². The summed E-state index contributed by atoms with van der Waals surface area (Å²) in [6.45, 7) is 0. The first kappa shape index (κ1) is 34.5. The van der Waals surface area contributed by atoms with E-state index in [-0.39, 0.29) is 56.1 Å². The van der Waals surface area contributed by atoms with E-state index in [2.05, 4.69) is 0 Å². The molecule has 0 aromatic rings. The van der Waals surface area contributed by atoms with Crippen LogP contribution in [0.2, 0.25) is 0 Å². The standard InChI is InChI=1S/FH.K.3H2O2/c;;3*1-2/h1H;;3*1-2H/q;+1;;;/p-1. The number of hydrogen-bond donors (Lipinski definition) is 6. The Morgan fingerprint density at radius 2 is 0.500 bits per heavy atom. The average Bonchev–Trinajstić information content (AvgIpc) is 1.81. The van der Waals surface area contributed by atoms with E-state index in [1.54, 1.807) is 0 Å². The fourth-order valence-electron chi connectivity index (χ4n) is 0. The van der Waals surface area contributed by atoms with Crippen molar-refractivity contribution in [2.45, 2.75) is 0 Å². The van der Waals surface area contributed by atoms with E-state index in [1.165, 1.54) is 0 Å². The van der Waals surface area contributed by atoms with E-state index in [4.69, 9.17) is 31.5 Å². The zero-order valence-electron chi connectivity index (χ0n) is 4.06. The van der Waals surface area contributed by atoms with E-state index < -0.39 is 0 Å². The topological polar surface area (TPSA) is 121 Å². The number of rotatable bonds is 0. The van der Waals surface area contributed by atoms with Crippen molar-refractivity contribution in [3.8, 4) is 0 Å². The molecule has 8 heavy (non-hydrogen) atoms. The zero-order chi connectivity index (χ0) is 6.00. The van der Waals surface area contributed by atoms with Gasteiger partial charge in [0.15, 0.2) is 0 Å². The Balaban J connectivity index is -0.00000000500. The van der Waals surface area contributed by atoms with Crippen LogP contribution in [0.1, 0.15) is 0 Å². The molecule has 6 nitrogen and oxygen atoms in total. The molecule has 0 rings (SSSR count). The van der Waals surface area contributed by atoms with Crippen molar-refractivity contribution in [1.82, 2.24) is 0 Å². The van der Waals surface area contributed by atoms with E-state index in [1.807, 2.05) is 0 Å². The molecule has 0 aliphatic carbocycles. The molecule has 0 amide bonds. The smallest absolute Gasteiger partial charge is 1.00 e. The molecule has 50 valence electrons. The Morgan fingerprint density at radius 3 is 0.500 bits per heavy atom. The summed E-state index contributed by atoms with van der Waals surface area (Å²) in [6, 6.07) is 0. The molecule has 0 unspecified atom stereocenters. The average molecular weight is 160 g/mol. The summed E-state index contributed by atoms with van der Waals surface area (Å²) in [5.41, 5.74) is 0. The molecular formula is H6FKO6. The minimum absolute atomic E-state index is 0. The first-order valence-electron chi connectivity index (χ1n) is 0.600. The first-order valence-corrected chi connectivity index (χ1v) is 0.600. The van der Waals surface area contributed by atoms with Crippen LogP contribution in [0.15, 0.2) is 0 Å². The van der Waals surface area contributed by atoms with Gasteiger partial charge in [0.1, 0.15) is 0 Å². The minimum atomic E-state index is 0. The maximum atomic E-state index is 6.00. The molecule has 0 atom stereocenters. The molecule has 0 aromatic carbocycles. The van der Waals surface area contributed by atoms with Gasteiger partial charge in [0.25, 0.3) is 0 Å². The van der Waals surface area contributed by atoms with Crippen molar-refractivity contribution in [3.63, 3.8) is 0 Å². The van der Waals surface area contributed by atoms with Gasteiger partial charge >= 0.3 is 51.4 Å². The SMILES string of the molecule is OO.OO.OO.[F-].[K+]. The molecule has 0 aliphatic rings. The third-order valence-corrected chi connectivity index (χ3v) is 0. The summed E-state index contributed by atoms with van der Waals surface area (Å²) >= 11 is 0. The molecule has 8 heteroatoms. The monoisotopic (exact) mass is 160 g/mol. The Hall–Kier alpha value is 1.33. The molecular weight excluding hydrogens is 154 g/mol. The summed E-state index contributed by atoms with van der Waals surface area (Å²) < 4.78 is 0. The van der Waals surface area contributed by atoms with Crippen molar-refractivity contribution >= 4 is 0 Å². The largest absolute Gasteiger partial charge is 1.00 e. The zero-order valence-corrected chi connectivity index (χ0v) is 7.18. The molecule has 6 N–H and O–H groups in total. The molecule has 0 aliphatic heterocycles. The second-order valence-corrected chi connectivity index (χ2v) is 0. The van der Waals surface area contributed by atoms with Crippen LogP contribution in [0.5, 0.6) is 0 Å². The maximum absolute atomic E-state index is 6.00. The normalized spacial score (nSPS) is 2.25. The van der Waals surface area contributed by atoms with E-state index in [9.17, 15) is 0 Å². The molecule has 0 bridgehead atoms. The Bertz CT molecular complexity index is 8.49. The molecule has 0 saturated heterocycles. The predicted octanol–water partition coefficient (Wildman–Crippen LogP) is -5.94. The first-order chi connectivity index (χ1) is 3.00. The molecule has 0 fully saturated rings. The molecule has 0 saturated carbocycles. The summed E-state index contributed by atoms with van der Waals surface area (Å²) in [5.74, 6) is 0. The van der Waals surface area contributed by atoms with Gasteiger partial charge in [-0.2, -0.15) is 0 Å². The van der Waals surface area contributed by atoms with Crippen LogP contribution in [-0.2, 0) is 0 Å². The number of halogens is 1. The predicted molar refractivity (Wildman–Crippen MR) is 15.8 cm³/mol. The second-order valence-electron chi connectivity index (χ2n) is 0. The van der Waals surface area contributed by atoms with Gasteiger partial charge in [0.2, 0.25) is 0 Å². The fraction of sp³-hybridized carbons (Fsp3) is 0. The van der Waals surface area contributed by atoms with E-state index in [0.29, 0.717) is 0 Å². The van der Waals surface area contributed by atoms with Gasteiger partial charge in [0.05, 0.1) is 0 Å². The Labute approximate surface area is 86.6 Å². The van der Waals surface area contributed by atoms with Crippen LogP contribution in [0.25, 0.3) is 0 Å². The van der Waals surface area contributed by atoms with Gasteiger partial charge in [-0.05, 0) is 0 Å². The third-order valence-electron chi connectivity index (χ3n) is 0. The van der Waals surface area contributed by atoms with Crippen LogP contribution in [0, 0.1) is 0 Å². The second kappa shape index (κ2) is 254. The van der Waals surface area contributed by atoms with Gasteiger partial charge < -0.3 is 4.70 Å². The van der Waals surface area contributed by atoms with Crippen LogP contribution in [0.3, 0.4) is 0 Å². The van der Waals surface area contributed by atoms with Crippen molar-refractivity contribution in [2.24, 2.45) is 0 Å². The van der Waals surface area contributed by atoms with Gasteiger partial charge in [-0.3, -0.25) is 31.5 Å². The Kier molecular flexibility index (Phi) is 1100. The minimum Gasteiger partial charge on any atom is -1.00 e. The van der Waals surface area contributed by atoms with Crippen molar-refractivity contribution < 1.29 is 87.6 Å². The summed E-state index contributed by atoms with van der Waals surface area (Å²) in [6.07, 6.45) is 0. The van der Waals surface area contributed by atoms with Gasteiger partial charge in [-0.1, -0.05) is 0 Å². The van der Waals surface area contributed by atoms with Crippen molar-refractivity contribution in [3.05, 3.63) is 0 Å². The number of hydrogen-bond acceptors (Lipinski definition) is 6. The maximum Gasteiger partial charge on any atom is 1.00 e. The summed E-state index contributed by atoms with van der Waals surface area (Å²) in [4.78, 5) is 0. The van der Waals surface area contributed by atoms with E-state index >= 15 is 0 Å². The van der Waals surface area contributed by atoms with Gasteiger partial charge in [-0.15, -0.1) is 0 Å². The fourth-order valence-corrected chi connectivity index (χ4v) is 0.